The largest absolute Gasteiger partial charge is 0.288 e. The molecule has 76 valence electrons. The Bertz CT molecular complexity index is 482. The number of ketones is 1. The number of rotatable bonds is 3. The van der Waals surface area contributed by atoms with Crippen LogP contribution in [0.2, 0.25) is 0 Å². The van der Waals surface area contributed by atoms with E-state index in [1.165, 1.54) is 11.3 Å². The first-order valence-corrected chi connectivity index (χ1v) is 6.19. The molecule has 0 radical (unpaired) electrons. The molecule has 2 heterocycles. The van der Waals surface area contributed by atoms with Crippen LogP contribution in [0.3, 0.4) is 0 Å². The smallest absolute Gasteiger partial charge is 0.197 e. The topological polar surface area (TPSA) is 30.0 Å². The average Bonchev–Trinajstić information content (AvgIpc) is 2.84. The molecule has 0 saturated heterocycles. The average molecular weight is 235 g/mol. The molecule has 4 heteroatoms. The molecule has 0 aromatic carbocycles. The van der Waals surface area contributed by atoms with Gasteiger partial charge in [0.2, 0.25) is 0 Å². The molecule has 0 spiro atoms. The van der Waals surface area contributed by atoms with Crippen molar-refractivity contribution < 1.29 is 4.79 Å². The molecule has 0 unspecified atom stereocenters. The summed E-state index contributed by atoms with van der Waals surface area (Å²) in [7, 11) is 0. The van der Waals surface area contributed by atoms with E-state index in [-0.39, 0.29) is 5.78 Å². The van der Waals surface area contributed by atoms with Crippen LogP contribution in [-0.4, -0.2) is 10.8 Å². The van der Waals surface area contributed by atoms with Crippen LogP contribution in [0.15, 0.2) is 29.1 Å². The van der Waals surface area contributed by atoms with E-state index in [4.69, 9.17) is 0 Å². The Morgan fingerprint density at radius 3 is 2.93 bits per heavy atom. The molecule has 0 fully saturated rings. The molecule has 2 rings (SSSR count). The van der Waals surface area contributed by atoms with Crippen molar-refractivity contribution in [3.8, 4) is 0 Å². The molecule has 2 aromatic rings. The second-order valence-corrected chi connectivity index (χ2v) is 4.81. The number of hydrogen-bond acceptors (Lipinski definition) is 4. The molecule has 0 bridgehead atoms. The molecule has 0 aliphatic rings. The molecule has 2 nitrogen and oxygen atoms in total. The monoisotopic (exact) mass is 235 g/mol. The fourth-order valence-electron chi connectivity index (χ4n) is 1.16. The zero-order chi connectivity index (χ0) is 10.7. The van der Waals surface area contributed by atoms with Crippen LogP contribution in [0.25, 0.3) is 6.08 Å². The number of carbonyl (C=O) groups is 1. The quantitative estimate of drug-likeness (QED) is 0.603. The summed E-state index contributed by atoms with van der Waals surface area (Å²) in [5.74, 6) is 0.0309. The van der Waals surface area contributed by atoms with Gasteiger partial charge in [0.25, 0.3) is 0 Å². The van der Waals surface area contributed by atoms with E-state index in [0.717, 1.165) is 15.4 Å². The summed E-state index contributed by atoms with van der Waals surface area (Å²) in [5.41, 5.74) is 2.50. The summed E-state index contributed by atoms with van der Waals surface area (Å²) in [5, 5.41) is 1.99. The minimum absolute atomic E-state index is 0.0309. The highest BCUT2D eigenvalue weighted by Crippen LogP contribution is 2.15. The highest BCUT2D eigenvalue weighted by molar-refractivity contribution is 7.12. The van der Waals surface area contributed by atoms with Gasteiger partial charge in [-0.15, -0.1) is 22.7 Å². The molecule has 0 atom stereocenters. The lowest BCUT2D eigenvalue weighted by atomic mass is 10.2. The van der Waals surface area contributed by atoms with Crippen molar-refractivity contribution in [2.45, 2.75) is 6.92 Å². The summed E-state index contributed by atoms with van der Waals surface area (Å²) < 4.78 is 0. The van der Waals surface area contributed by atoms with Gasteiger partial charge in [-0.2, -0.15) is 0 Å². The summed E-state index contributed by atoms with van der Waals surface area (Å²) in [6.07, 6.45) is 3.44. The minimum Gasteiger partial charge on any atom is -0.288 e. The van der Waals surface area contributed by atoms with Gasteiger partial charge in [0.05, 0.1) is 16.1 Å². The minimum atomic E-state index is 0.0309. The first-order valence-electron chi connectivity index (χ1n) is 4.43. The van der Waals surface area contributed by atoms with Gasteiger partial charge < -0.3 is 0 Å². The SMILES string of the molecule is Cc1ncsc1C(=O)/C=C/c1cccs1. The number of aromatic nitrogens is 1. The standard InChI is InChI=1S/C11H9NOS2/c1-8-11(15-7-12-8)10(13)5-4-9-3-2-6-14-9/h2-7H,1H3/b5-4+. The van der Waals surface area contributed by atoms with Gasteiger partial charge in [-0.05, 0) is 30.5 Å². The molecule has 0 aliphatic heterocycles. The third-order valence-corrected chi connectivity index (χ3v) is 3.69. The number of carbonyl (C=O) groups excluding carboxylic acids is 1. The van der Waals surface area contributed by atoms with Gasteiger partial charge in [0.15, 0.2) is 5.78 Å². The van der Waals surface area contributed by atoms with Crippen LogP contribution in [0.5, 0.6) is 0 Å². The van der Waals surface area contributed by atoms with Crippen LogP contribution in [0.1, 0.15) is 20.2 Å². The molecule has 15 heavy (non-hydrogen) atoms. The van der Waals surface area contributed by atoms with Crippen LogP contribution in [0.4, 0.5) is 0 Å². The zero-order valence-corrected chi connectivity index (χ0v) is 9.77. The van der Waals surface area contributed by atoms with E-state index in [1.807, 2.05) is 30.5 Å². The van der Waals surface area contributed by atoms with E-state index in [9.17, 15) is 4.79 Å². The molecular formula is C11H9NOS2. The molecular weight excluding hydrogens is 226 g/mol. The van der Waals surface area contributed by atoms with Crippen molar-refractivity contribution in [2.24, 2.45) is 0 Å². The third kappa shape index (κ3) is 2.40. The van der Waals surface area contributed by atoms with Crippen molar-refractivity contribution in [2.75, 3.05) is 0 Å². The summed E-state index contributed by atoms with van der Waals surface area (Å²) in [6, 6.07) is 3.95. The number of hydrogen-bond donors (Lipinski definition) is 0. The van der Waals surface area contributed by atoms with Gasteiger partial charge in [-0.3, -0.25) is 4.79 Å². The Balaban J connectivity index is 2.14. The van der Waals surface area contributed by atoms with Gasteiger partial charge in [0, 0.05) is 4.88 Å². The number of thiophene rings is 1. The van der Waals surface area contributed by atoms with Crippen molar-refractivity contribution in [3.05, 3.63) is 44.5 Å². The van der Waals surface area contributed by atoms with Crippen molar-refractivity contribution in [1.82, 2.24) is 4.98 Å². The van der Waals surface area contributed by atoms with Crippen LogP contribution in [0, 0.1) is 6.92 Å². The fourth-order valence-corrected chi connectivity index (χ4v) is 2.50. The van der Waals surface area contributed by atoms with Gasteiger partial charge in [-0.25, -0.2) is 4.98 Å². The maximum atomic E-state index is 11.7. The van der Waals surface area contributed by atoms with E-state index in [2.05, 4.69) is 4.98 Å². The summed E-state index contributed by atoms with van der Waals surface area (Å²) >= 11 is 3.00. The Kier molecular flexibility index (Phi) is 3.08. The molecule has 0 N–H and O–H groups in total. The number of nitrogens with zero attached hydrogens (tertiary/aromatic N) is 1. The summed E-state index contributed by atoms with van der Waals surface area (Å²) in [6.45, 7) is 1.85. The normalized spacial score (nSPS) is 11.0. The van der Waals surface area contributed by atoms with Crippen molar-refractivity contribution >= 4 is 34.5 Å². The van der Waals surface area contributed by atoms with Crippen molar-refractivity contribution in [3.63, 3.8) is 0 Å². The number of aryl methyl sites for hydroxylation is 1. The summed E-state index contributed by atoms with van der Waals surface area (Å²) in [4.78, 5) is 17.6. The highest BCUT2D eigenvalue weighted by atomic mass is 32.1. The molecule has 2 aromatic heterocycles. The highest BCUT2D eigenvalue weighted by Gasteiger charge is 2.07. The number of allylic oxidation sites excluding steroid dienone is 1. The molecule has 0 aliphatic carbocycles. The Hall–Kier alpha value is -1.26. The van der Waals surface area contributed by atoms with Crippen LogP contribution < -0.4 is 0 Å². The predicted octanol–water partition coefficient (Wildman–Crippen LogP) is 3.41. The molecule has 0 saturated carbocycles. The predicted molar refractivity (Wildman–Crippen MR) is 64.5 cm³/mol. The molecule has 0 amide bonds. The lowest BCUT2D eigenvalue weighted by Crippen LogP contribution is -1.92. The van der Waals surface area contributed by atoms with E-state index < -0.39 is 0 Å². The second-order valence-electron chi connectivity index (χ2n) is 2.98. The van der Waals surface area contributed by atoms with E-state index in [1.54, 1.807) is 22.9 Å². The number of thiazole rings is 1. The van der Waals surface area contributed by atoms with E-state index >= 15 is 0 Å². The Morgan fingerprint density at radius 1 is 1.47 bits per heavy atom. The van der Waals surface area contributed by atoms with Gasteiger partial charge in [-0.1, -0.05) is 6.07 Å². The Morgan fingerprint density at radius 2 is 2.33 bits per heavy atom. The maximum absolute atomic E-state index is 11.7. The van der Waals surface area contributed by atoms with Crippen LogP contribution in [-0.2, 0) is 0 Å². The van der Waals surface area contributed by atoms with E-state index in [0.29, 0.717) is 0 Å². The lowest BCUT2D eigenvalue weighted by Gasteiger charge is -1.90. The van der Waals surface area contributed by atoms with Crippen molar-refractivity contribution in [1.29, 1.82) is 0 Å². The third-order valence-electron chi connectivity index (χ3n) is 1.91. The maximum Gasteiger partial charge on any atom is 0.197 e. The second kappa shape index (κ2) is 4.51. The first-order chi connectivity index (χ1) is 7.27. The first kappa shape index (κ1) is 10.3. The van der Waals surface area contributed by atoms with Gasteiger partial charge in [0.1, 0.15) is 0 Å². The lowest BCUT2D eigenvalue weighted by molar-refractivity contribution is 0.105. The fraction of sp³-hybridized carbons (Fsp3) is 0.0909. The van der Waals surface area contributed by atoms with Gasteiger partial charge >= 0.3 is 0 Å². The van der Waals surface area contributed by atoms with Crippen LogP contribution >= 0.6 is 22.7 Å². The zero-order valence-electron chi connectivity index (χ0n) is 8.14. The Labute approximate surface area is 95.9 Å².